The van der Waals surface area contributed by atoms with Gasteiger partial charge in [-0.1, -0.05) is 12.1 Å². The van der Waals surface area contributed by atoms with E-state index in [1.54, 1.807) is 18.2 Å². The van der Waals surface area contributed by atoms with Crippen LogP contribution < -0.4 is 10.1 Å². The van der Waals surface area contributed by atoms with Gasteiger partial charge in [-0.3, -0.25) is 0 Å². The first-order valence-electron chi connectivity index (χ1n) is 6.26. The fourth-order valence-corrected chi connectivity index (χ4v) is 2.06. The fraction of sp³-hybridized carbons (Fsp3) is 0.385. The van der Waals surface area contributed by atoms with Gasteiger partial charge in [0.25, 0.3) is 5.89 Å². The number of para-hydroxylation sites is 1. The number of aromatic nitrogens is 2. The first kappa shape index (κ1) is 12.1. The Hall–Kier alpha value is -1.95. The molecule has 2 aromatic rings. The van der Waals surface area contributed by atoms with Crippen LogP contribution in [0.15, 0.2) is 28.7 Å². The molecule has 1 aromatic heterocycles. The average Bonchev–Trinajstić information content (AvgIpc) is 3.09. The van der Waals surface area contributed by atoms with Gasteiger partial charge < -0.3 is 14.5 Å². The Labute approximate surface area is 109 Å². The molecular weight excluding hydrogens is 249 g/mol. The number of nitrogens with zero attached hydrogens (tertiary/aromatic N) is 2. The van der Waals surface area contributed by atoms with Crippen LogP contribution in [-0.2, 0) is 6.61 Å². The van der Waals surface area contributed by atoms with E-state index in [-0.39, 0.29) is 18.4 Å². The van der Waals surface area contributed by atoms with Gasteiger partial charge in [0, 0.05) is 0 Å². The van der Waals surface area contributed by atoms with Crippen LogP contribution in [0.5, 0.6) is 5.75 Å². The molecule has 100 valence electrons. The predicted octanol–water partition coefficient (Wildman–Crippen LogP) is 2.21. The van der Waals surface area contributed by atoms with Gasteiger partial charge in [0.15, 0.2) is 18.2 Å². The highest BCUT2D eigenvalue weighted by molar-refractivity contribution is 5.23. The summed E-state index contributed by atoms with van der Waals surface area (Å²) < 4.78 is 24.1. The van der Waals surface area contributed by atoms with Gasteiger partial charge in [-0.25, -0.2) is 4.39 Å². The smallest absolute Gasteiger partial charge is 0.253 e. The van der Waals surface area contributed by atoms with E-state index in [1.807, 2.05) is 0 Å². The minimum absolute atomic E-state index is 0.0701. The summed E-state index contributed by atoms with van der Waals surface area (Å²) in [7, 11) is 0. The molecule has 5 nitrogen and oxygen atoms in total. The third-order valence-corrected chi connectivity index (χ3v) is 3.03. The molecule has 1 N–H and O–H groups in total. The molecule has 1 aliphatic heterocycles. The summed E-state index contributed by atoms with van der Waals surface area (Å²) in [5.41, 5.74) is 0. The van der Waals surface area contributed by atoms with Crippen molar-refractivity contribution in [2.24, 2.45) is 0 Å². The summed E-state index contributed by atoms with van der Waals surface area (Å²) in [6, 6.07) is 6.36. The van der Waals surface area contributed by atoms with Crippen LogP contribution >= 0.6 is 0 Å². The van der Waals surface area contributed by atoms with E-state index in [1.165, 1.54) is 6.07 Å². The van der Waals surface area contributed by atoms with E-state index in [0.717, 1.165) is 19.4 Å². The van der Waals surface area contributed by atoms with Crippen molar-refractivity contribution in [2.75, 3.05) is 6.54 Å². The highest BCUT2D eigenvalue weighted by atomic mass is 19.1. The van der Waals surface area contributed by atoms with Gasteiger partial charge in [-0.05, 0) is 31.5 Å². The number of benzene rings is 1. The zero-order valence-corrected chi connectivity index (χ0v) is 10.3. The molecule has 0 aliphatic carbocycles. The summed E-state index contributed by atoms with van der Waals surface area (Å²) in [4.78, 5) is 0. The standard InChI is InChI=1S/C13H14FN3O2/c14-9-4-1-2-6-11(9)18-8-12-16-17-13(19-12)10-5-3-7-15-10/h1-2,4,6,10,15H,3,5,7-8H2. The number of rotatable bonds is 4. The van der Waals surface area contributed by atoms with Crippen molar-refractivity contribution >= 4 is 0 Å². The molecule has 2 heterocycles. The minimum Gasteiger partial charge on any atom is -0.481 e. The highest BCUT2D eigenvalue weighted by Gasteiger charge is 2.22. The minimum atomic E-state index is -0.403. The maximum absolute atomic E-state index is 13.3. The van der Waals surface area contributed by atoms with E-state index in [9.17, 15) is 4.39 Å². The van der Waals surface area contributed by atoms with Gasteiger partial charge in [0.05, 0.1) is 6.04 Å². The molecule has 1 aliphatic rings. The van der Waals surface area contributed by atoms with Gasteiger partial charge >= 0.3 is 0 Å². The maximum Gasteiger partial charge on any atom is 0.253 e. The van der Waals surface area contributed by atoms with Crippen LogP contribution in [0.3, 0.4) is 0 Å². The summed E-state index contributed by atoms with van der Waals surface area (Å²) in [6.07, 6.45) is 2.10. The molecule has 3 rings (SSSR count). The Morgan fingerprint density at radius 1 is 1.37 bits per heavy atom. The third kappa shape index (κ3) is 2.73. The number of hydrogen-bond donors (Lipinski definition) is 1. The van der Waals surface area contributed by atoms with Crippen molar-refractivity contribution < 1.29 is 13.5 Å². The molecule has 1 saturated heterocycles. The van der Waals surface area contributed by atoms with Crippen molar-refractivity contribution in [3.63, 3.8) is 0 Å². The van der Waals surface area contributed by atoms with Crippen LogP contribution in [0.1, 0.15) is 30.7 Å². The van der Waals surface area contributed by atoms with E-state index >= 15 is 0 Å². The Morgan fingerprint density at radius 2 is 2.26 bits per heavy atom. The quantitative estimate of drug-likeness (QED) is 0.916. The third-order valence-electron chi connectivity index (χ3n) is 3.03. The molecule has 0 radical (unpaired) electrons. The Kier molecular flexibility index (Phi) is 3.41. The lowest BCUT2D eigenvalue weighted by molar-refractivity contribution is 0.245. The molecule has 6 heteroatoms. The van der Waals surface area contributed by atoms with Crippen molar-refractivity contribution in [2.45, 2.75) is 25.5 Å². The lowest BCUT2D eigenvalue weighted by Crippen LogP contribution is -2.12. The molecule has 1 atom stereocenters. The molecule has 1 aromatic carbocycles. The van der Waals surface area contributed by atoms with Crippen LogP contribution in [0, 0.1) is 5.82 Å². The number of hydrogen-bond acceptors (Lipinski definition) is 5. The lowest BCUT2D eigenvalue weighted by atomic mass is 10.2. The number of ether oxygens (including phenoxy) is 1. The lowest BCUT2D eigenvalue weighted by Gasteiger charge is -2.04. The molecule has 0 bridgehead atoms. The van der Waals surface area contributed by atoms with E-state index < -0.39 is 5.82 Å². The fourth-order valence-electron chi connectivity index (χ4n) is 2.06. The largest absolute Gasteiger partial charge is 0.481 e. The van der Waals surface area contributed by atoms with Gasteiger partial charge in [-0.15, -0.1) is 10.2 Å². The summed E-state index contributed by atoms with van der Waals surface area (Å²) in [5, 5.41) is 11.2. The van der Waals surface area contributed by atoms with Crippen LogP contribution in [0.4, 0.5) is 4.39 Å². The zero-order chi connectivity index (χ0) is 13.1. The second-order valence-corrected chi connectivity index (χ2v) is 4.40. The monoisotopic (exact) mass is 263 g/mol. The van der Waals surface area contributed by atoms with Crippen LogP contribution in [-0.4, -0.2) is 16.7 Å². The van der Waals surface area contributed by atoms with Crippen LogP contribution in [0.2, 0.25) is 0 Å². The Bertz CT molecular complexity index is 552. The SMILES string of the molecule is Fc1ccccc1OCc1nnc(C2CCCN2)o1. The summed E-state index contributed by atoms with van der Waals surface area (Å²) in [6.45, 7) is 1.04. The van der Waals surface area contributed by atoms with Crippen molar-refractivity contribution in [1.82, 2.24) is 15.5 Å². The summed E-state index contributed by atoms with van der Waals surface area (Å²) in [5.74, 6) is 0.706. The highest BCUT2D eigenvalue weighted by Crippen LogP contribution is 2.22. The van der Waals surface area contributed by atoms with Crippen molar-refractivity contribution in [1.29, 1.82) is 0 Å². The van der Waals surface area contributed by atoms with Gasteiger partial charge in [-0.2, -0.15) is 0 Å². The van der Waals surface area contributed by atoms with Crippen LogP contribution in [0.25, 0.3) is 0 Å². The molecular formula is C13H14FN3O2. The topological polar surface area (TPSA) is 60.2 Å². The van der Waals surface area contributed by atoms with E-state index in [2.05, 4.69) is 15.5 Å². The molecule has 1 fully saturated rings. The first-order valence-corrected chi connectivity index (χ1v) is 6.26. The predicted molar refractivity (Wildman–Crippen MR) is 65.0 cm³/mol. The van der Waals surface area contributed by atoms with Gasteiger partial charge in [0.1, 0.15) is 0 Å². The number of nitrogens with one attached hydrogen (secondary N) is 1. The maximum atomic E-state index is 13.3. The normalized spacial score (nSPS) is 18.7. The zero-order valence-electron chi connectivity index (χ0n) is 10.3. The molecule has 0 spiro atoms. The van der Waals surface area contributed by atoms with Gasteiger partial charge in [0.2, 0.25) is 5.89 Å². The molecule has 0 amide bonds. The second-order valence-electron chi connectivity index (χ2n) is 4.40. The summed E-state index contributed by atoms with van der Waals surface area (Å²) >= 11 is 0. The number of halogens is 1. The molecule has 0 saturated carbocycles. The molecule has 19 heavy (non-hydrogen) atoms. The molecule has 1 unspecified atom stereocenters. The van der Waals surface area contributed by atoms with E-state index in [0.29, 0.717) is 11.8 Å². The van der Waals surface area contributed by atoms with E-state index in [4.69, 9.17) is 9.15 Å². The Balaban J connectivity index is 1.63. The van der Waals surface area contributed by atoms with Crippen molar-refractivity contribution in [3.05, 3.63) is 41.9 Å². The second kappa shape index (κ2) is 5.36. The Morgan fingerprint density at radius 3 is 3.05 bits per heavy atom. The first-order chi connectivity index (χ1) is 9.33. The van der Waals surface area contributed by atoms with Crippen molar-refractivity contribution in [3.8, 4) is 5.75 Å². The average molecular weight is 263 g/mol.